The van der Waals surface area contributed by atoms with Crippen LogP contribution < -0.4 is 10.2 Å². The van der Waals surface area contributed by atoms with E-state index in [4.69, 9.17) is 0 Å². The highest BCUT2D eigenvalue weighted by molar-refractivity contribution is 9.10. The van der Waals surface area contributed by atoms with Crippen LogP contribution in [-0.2, 0) is 6.18 Å². The average Bonchev–Trinajstić information content (AvgIpc) is 2.90. The first-order valence-electron chi connectivity index (χ1n) is 6.87. The predicted molar refractivity (Wildman–Crippen MR) is 79.5 cm³/mol. The highest BCUT2D eigenvalue weighted by Gasteiger charge is 2.31. The quantitative estimate of drug-likeness (QED) is 0.840. The molecule has 0 aliphatic carbocycles. The van der Waals surface area contributed by atoms with Crippen LogP contribution in [0.3, 0.4) is 0 Å². The molecule has 2 N–H and O–H groups in total. The van der Waals surface area contributed by atoms with Gasteiger partial charge in [0.05, 0.1) is 17.9 Å². The molecule has 1 aliphatic rings. The first-order chi connectivity index (χ1) is 9.91. The van der Waals surface area contributed by atoms with Gasteiger partial charge in [-0.05, 0) is 53.5 Å². The molecule has 3 nitrogen and oxygen atoms in total. The maximum absolute atomic E-state index is 12.7. The first-order valence-corrected chi connectivity index (χ1v) is 7.67. The maximum atomic E-state index is 12.7. The van der Waals surface area contributed by atoms with Gasteiger partial charge in [0, 0.05) is 23.6 Å². The van der Waals surface area contributed by atoms with Crippen LogP contribution in [0.1, 0.15) is 18.4 Å². The van der Waals surface area contributed by atoms with Crippen molar-refractivity contribution >= 4 is 21.6 Å². The summed E-state index contributed by atoms with van der Waals surface area (Å²) in [6, 6.07) is 3.93. The first kappa shape index (κ1) is 16.6. The van der Waals surface area contributed by atoms with Gasteiger partial charge in [-0.15, -0.1) is 0 Å². The van der Waals surface area contributed by atoms with E-state index in [-0.39, 0.29) is 6.61 Å². The van der Waals surface area contributed by atoms with Gasteiger partial charge in [0.15, 0.2) is 0 Å². The Morgan fingerprint density at radius 3 is 2.67 bits per heavy atom. The van der Waals surface area contributed by atoms with Crippen LogP contribution in [0.5, 0.6) is 0 Å². The van der Waals surface area contributed by atoms with Gasteiger partial charge in [-0.25, -0.2) is 0 Å². The lowest BCUT2D eigenvalue weighted by molar-refractivity contribution is -0.137. The van der Waals surface area contributed by atoms with Gasteiger partial charge in [0.1, 0.15) is 0 Å². The third-order valence-corrected chi connectivity index (χ3v) is 4.22. The Labute approximate surface area is 130 Å². The average molecular weight is 367 g/mol. The Morgan fingerprint density at radius 1 is 1.38 bits per heavy atom. The van der Waals surface area contributed by atoms with E-state index < -0.39 is 11.7 Å². The highest BCUT2D eigenvalue weighted by Crippen LogP contribution is 2.35. The van der Waals surface area contributed by atoms with Gasteiger partial charge in [0.25, 0.3) is 0 Å². The molecule has 0 spiro atoms. The Hall–Kier alpha value is -0.790. The van der Waals surface area contributed by atoms with Gasteiger partial charge in [-0.2, -0.15) is 13.2 Å². The van der Waals surface area contributed by atoms with Crippen molar-refractivity contribution < 1.29 is 18.3 Å². The zero-order valence-corrected chi connectivity index (χ0v) is 13.0. The van der Waals surface area contributed by atoms with Crippen LogP contribution in [0.25, 0.3) is 0 Å². The Morgan fingerprint density at radius 2 is 2.14 bits per heavy atom. The Kier molecular flexibility index (Phi) is 5.51. The number of rotatable bonds is 5. The molecule has 1 aromatic carbocycles. The number of halogens is 4. The zero-order chi connectivity index (χ0) is 15.5. The van der Waals surface area contributed by atoms with Crippen molar-refractivity contribution in [2.24, 2.45) is 0 Å². The number of nitrogens with zero attached hydrogens (tertiary/aromatic N) is 1. The third-order valence-electron chi connectivity index (χ3n) is 3.59. The van der Waals surface area contributed by atoms with E-state index in [0.29, 0.717) is 29.3 Å². The minimum atomic E-state index is -4.35. The largest absolute Gasteiger partial charge is 0.416 e. The molecule has 2 rings (SSSR count). The van der Waals surface area contributed by atoms with Crippen molar-refractivity contribution in [3.63, 3.8) is 0 Å². The summed E-state index contributed by atoms with van der Waals surface area (Å²) in [6.07, 6.45) is -2.21. The molecule has 0 bridgehead atoms. The standard InChI is InChI=1S/C14H18BrF3N2O/c15-12-8-10(14(16,17)18)3-4-13(12)20(6-7-21)9-11-2-1-5-19-11/h3-4,8,11,19,21H,1-2,5-7,9H2. The summed E-state index contributed by atoms with van der Waals surface area (Å²) in [4.78, 5) is 1.91. The SMILES string of the molecule is OCCN(CC1CCCN1)c1ccc(C(F)(F)F)cc1Br. The fourth-order valence-electron chi connectivity index (χ4n) is 2.55. The number of hydrogen-bond acceptors (Lipinski definition) is 3. The maximum Gasteiger partial charge on any atom is 0.416 e. The second kappa shape index (κ2) is 6.98. The predicted octanol–water partition coefficient (Wildman–Crippen LogP) is 3.02. The van der Waals surface area contributed by atoms with Gasteiger partial charge >= 0.3 is 6.18 Å². The molecule has 1 saturated heterocycles. The van der Waals surface area contributed by atoms with E-state index in [1.54, 1.807) is 0 Å². The molecule has 118 valence electrons. The molecule has 0 amide bonds. The molecule has 1 atom stereocenters. The van der Waals surface area contributed by atoms with Crippen molar-refractivity contribution in [2.75, 3.05) is 31.1 Å². The minimum Gasteiger partial charge on any atom is -0.395 e. The van der Waals surface area contributed by atoms with Gasteiger partial charge in [0.2, 0.25) is 0 Å². The van der Waals surface area contributed by atoms with Crippen LogP contribution in [0.2, 0.25) is 0 Å². The van der Waals surface area contributed by atoms with Gasteiger partial charge in [-0.1, -0.05) is 0 Å². The van der Waals surface area contributed by atoms with Crippen LogP contribution in [0, 0.1) is 0 Å². The fourth-order valence-corrected chi connectivity index (χ4v) is 3.18. The molecule has 1 aromatic rings. The van der Waals surface area contributed by atoms with Crippen LogP contribution in [0.4, 0.5) is 18.9 Å². The van der Waals surface area contributed by atoms with Crippen molar-refractivity contribution in [1.29, 1.82) is 0 Å². The van der Waals surface area contributed by atoms with Gasteiger partial charge in [-0.3, -0.25) is 0 Å². The van der Waals surface area contributed by atoms with Crippen molar-refractivity contribution in [3.05, 3.63) is 28.2 Å². The smallest absolute Gasteiger partial charge is 0.395 e. The van der Waals surface area contributed by atoms with Crippen LogP contribution in [-0.4, -0.2) is 37.4 Å². The number of alkyl halides is 3. The Bertz CT molecular complexity index is 476. The molecule has 1 heterocycles. The number of benzene rings is 1. The molecular weight excluding hydrogens is 349 g/mol. The molecule has 21 heavy (non-hydrogen) atoms. The summed E-state index contributed by atoms with van der Waals surface area (Å²) >= 11 is 3.22. The molecule has 1 fully saturated rings. The lowest BCUT2D eigenvalue weighted by atomic mass is 10.1. The monoisotopic (exact) mass is 366 g/mol. The zero-order valence-electron chi connectivity index (χ0n) is 11.5. The van der Waals surface area contributed by atoms with E-state index in [1.807, 2.05) is 4.90 Å². The van der Waals surface area contributed by atoms with Crippen LogP contribution in [0.15, 0.2) is 22.7 Å². The minimum absolute atomic E-state index is 0.0415. The molecule has 1 unspecified atom stereocenters. The molecule has 0 saturated carbocycles. The van der Waals surface area contributed by atoms with E-state index in [0.717, 1.165) is 31.5 Å². The second-order valence-electron chi connectivity index (χ2n) is 5.13. The molecule has 0 aromatic heterocycles. The van der Waals surface area contributed by atoms with E-state index >= 15 is 0 Å². The normalized spacial score (nSPS) is 19.0. The fraction of sp³-hybridized carbons (Fsp3) is 0.571. The number of hydrogen-bond donors (Lipinski definition) is 2. The third kappa shape index (κ3) is 4.34. The molecule has 0 radical (unpaired) electrons. The van der Waals surface area contributed by atoms with Crippen LogP contribution >= 0.6 is 15.9 Å². The number of nitrogens with one attached hydrogen (secondary N) is 1. The lowest BCUT2D eigenvalue weighted by Crippen LogP contribution is -2.39. The topological polar surface area (TPSA) is 35.5 Å². The lowest BCUT2D eigenvalue weighted by Gasteiger charge is -2.28. The highest BCUT2D eigenvalue weighted by atomic mass is 79.9. The van der Waals surface area contributed by atoms with E-state index in [9.17, 15) is 18.3 Å². The summed E-state index contributed by atoms with van der Waals surface area (Å²) in [5.74, 6) is 0. The van der Waals surface area contributed by atoms with Crippen molar-refractivity contribution in [3.8, 4) is 0 Å². The number of aliphatic hydroxyl groups is 1. The summed E-state index contributed by atoms with van der Waals surface area (Å²) in [5.41, 5.74) is -0.00758. The molecular formula is C14H18BrF3N2O. The van der Waals surface area contributed by atoms with E-state index in [2.05, 4.69) is 21.2 Å². The number of aliphatic hydroxyl groups excluding tert-OH is 1. The summed E-state index contributed by atoms with van der Waals surface area (Å²) in [7, 11) is 0. The number of anilines is 1. The summed E-state index contributed by atoms with van der Waals surface area (Å²) in [6.45, 7) is 1.98. The van der Waals surface area contributed by atoms with Crippen molar-refractivity contribution in [2.45, 2.75) is 25.1 Å². The summed E-state index contributed by atoms with van der Waals surface area (Å²) < 4.78 is 38.5. The van der Waals surface area contributed by atoms with Gasteiger partial charge < -0.3 is 15.3 Å². The Balaban J connectivity index is 2.19. The molecule has 7 heteroatoms. The second-order valence-corrected chi connectivity index (χ2v) is 5.98. The summed E-state index contributed by atoms with van der Waals surface area (Å²) in [5, 5.41) is 12.5. The van der Waals surface area contributed by atoms with E-state index in [1.165, 1.54) is 6.07 Å². The molecule has 1 aliphatic heterocycles. The van der Waals surface area contributed by atoms with Crippen molar-refractivity contribution in [1.82, 2.24) is 5.32 Å².